The van der Waals surface area contributed by atoms with Gasteiger partial charge >= 0.3 is 0 Å². The predicted octanol–water partition coefficient (Wildman–Crippen LogP) is 2.59. The van der Waals surface area contributed by atoms with Gasteiger partial charge in [-0.3, -0.25) is 9.59 Å². The third-order valence-corrected chi connectivity index (χ3v) is 5.55. The molecule has 1 saturated heterocycles. The molecule has 4 rings (SSSR count). The van der Waals surface area contributed by atoms with Crippen molar-refractivity contribution in [2.45, 2.75) is 12.8 Å². The van der Waals surface area contributed by atoms with Gasteiger partial charge in [0.25, 0.3) is 0 Å². The van der Waals surface area contributed by atoms with Crippen molar-refractivity contribution in [3.05, 3.63) is 47.6 Å². The first-order valence-corrected chi connectivity index (χ1v) is 10.2. The molecule has 2 aliphatic heterocycles. The first kappa shape index (κ1) is 19.5. The number of aromatic nitrogens is 1. The summed E-state index contributed by atoms with van der Waals surface area (Å²) in [6, 6.07) is 11.1. The summed E-state index contributed by atoms with van der Waals surface area (Å²) in [5.41, 5.74) is 0.775. The lowest BCUT2D eigenvalue weighted by Gasteiger charge is -2.36. The highest BCUT2D eigenvalue weighted by atomic mass is 35.5. The van der Waals surface area contributed by atoms with Crippen LogP contribution in [0.5, 0.6) is 5.75 Å². The largest absolute Gasteiger partial charge is 0.490 e. The van der Waals surface area contributed by atoms with Crippen LogP contribution in [0.3, 0.4) is 0 Å². The summed E-state index contributed by atoms with van der Waals surface area (Å²) in [6.07, 6.45) is 2.12. The van der Waals surface area contributed by atoms with Crippen LogP contribution in [0.4, 0.5) is 11.5 Å². The Morgan fingerprint density at radius 2 is 1.72 bits per heavy atom. The summed E-state index contributed by atoms with van der Waals surface area (Å²) < 4.78 is 5.59. The number of hydrogen-bond acceptors (Lipinski definition) is 5. The molecule has 0 N–H and O–H groups in total. The zero-order chi connectivity index (χ0) is 20.2. The van der Waals surface area contributed by atoms with Gasteiger partial charge in [-0.05, 0) is 24.3 Å². The summed E-state index contributed by atoms with van der Waals surface area (Å²) in [4.78, 5) is 35.2. The summed E-state index contributed by atoms with van der Waals surface area (Å²) in [5.74, 6) is 1.42. The van der Waals surface area contributed by atoms with Crippen molar-refractivity contribution in [3.8, 4) is 5.75 Å². The Morgan fingerprint density at radius 3 is 2.52 bits per heavy atom. The van der Waals surface area contributed by atoms with Gasteiger partial charge in [-0.15, -0.1) is 0 Å². The lowest BCUT2D eigenvalue weighted by molar-refractivity contribution is -0.133. The number of pyridine rings is 1. The number of nitrogens with zero attached hydrogens (tertiary/aromatic N) is 4. The number of para-hydroxylation sites is 2. The predicted molar refractivity (Wildman–Crippen MR) is 112 cm³/mol. The van der Waals surface area contributed by atoms with E-state index in [0.29, 0.717) is 50.1 Å². The average molecular weight is 415 g/mol. The fourth-order valence-corrected chi connectivity index (χ4v) is 3.95. The summed E-state index contributed by atoms with van der Waals surface area (Å²) in [6.45, 7) is 3.52. The number of piperazine rings is 1. The van der Waals surface area contributed by atoms with E-state index in [1.165, 1.54) is 0 Å². The monoisotopic (exact) mass is 414 g/mol. The number of carbonyl (C=O) groups is 2. The van der Waals surface area contributed by atoms with Crippen molar-refractivity contribution >= 4 is 34.9 Å². The second-order valence-corrected chi connectivity index (χ2v) is 7.45. The van der Waals surface area contributed by atoms with Crippen LogP contribution in [0.25, 0.3) is 0 Å². The van der Waals surface area contributed by atoms with Gasteiger partial charge < -0.3 is 19.4 Å². The first-order valence-electron chi connectivity index (χ1n) is 9.79. The van der Waals surface area contributed by atoms with Gasteiger partial charge in [-0.25, -0.2) is 4.98 Å². The zero-order valence-electron chi connectivity index (χ0n) is 16.1. The summed E-state index contributed by atoms with van der Waals surface area (Å²) in [5, 5.41) is 0.615. The Kier molecular flexibility index (Phi) is 5.85. The number of halogens is 1. The van der Waals surface area contributed by atoms with E-state index in [-0.39, 0.29) is 24.7 Å². The van der Waals surface area contributed by atoms with Gasteiger partial charge in [0, 0.05) is 45.2 Å². The minimum Gasteiger partial charge on any atom is -0.490 e. The second-order valence-electron chi connectivity index (χ2n) is 7.04. The lowest BCUT2D eigenvalue weighted by Crippen LogP contribution is -2.49. The van der Waals surface area contributed by atoms with Gasteiger partial charge in [0.15, 0.2) is 0 Å². The number of ether oxygens (including phenoxy) is 1. The smallest absolute Gasteiger partial charge is 0.227 e. The van der Waals surface area contributed by atoms with Crippen LogP contribution >= 0.6 is 11.6 Å². The fourth-order valence-electron chi connectivity index (χ4n) is 3.71. The van der Waals surface area contributed by atoms with Gasteiger partial charge in [0.2, 0.25) is 11.8 Å². The number of amides is 2. The molecule has 8 heteroatoms. The third kappa shape index (κ3) is 4.29. The van der Waals surface area contributed by atoms with Crippen molar-refractivity contribution in [2.75, 3.05) is 49.1 Å². The van der Waals surface area contributed by atoms with E-state index in [9.17, 15) is 9.59 Å². The topological polar surface area (TPSA) is 66.0 Å². The number of rotatable bonds is 4. The molecule has 0 unspecified atom stereocenters. The SMILES string of the molecule is O=C(CCC(=O)N1CCOc2ccccc21)N1CCN(c2ncccc2Cl)CC1. The summed E-state index contributed by atoms with van der Waals surface area (Å²) in [7, 11) is 0. The number of carbonyl (C=O) groups excluding carboxylic acids is 2. The number of benzene rings is 1. The second kappa shape index (κ2) is 8.69. The Hall–Kier alpha value is -2.80. The molecule has 7 nitrogen and oxygen atoms in total. The maximum atomic E-state index is 12.7. The molecule has 1 aromatic carbocycles. The molecule has 1 aromatic heterocycles. The quantitative estimate of drug-likeness (QED) is 0.769. The highest BCUT2D eigenvalue weighted by Crippen LogP contribution is 2.31. The zero-order valence-corrected chi connectivity index (χ0v) is 16.8. The van der Waals surface area contributed by atoms with E-state index < -0.39 is 0 Å². The standard InChI is InChI=1S/C21H23ClN4O3/c22-16-4-3-9-23-21(16)25-12-10-24(11-13-25)19(27)7-8-20(28)26-14-15-29-18-6-2-1-5-17(18)26/h1-6,9H,7-8,10-15H2. The van der Waals surface area contributed by atoms with Gasteiger partial charge in [0.05, 0.1) is 17.3 Å². The molecule has 2 aliphatic rings. The van der Waals surface area contributed by atoms with Crippen molar-refractivity contribution < 1.29 is 14.3 Å². The minimum absolute atomic E-state index is 0.00617. The van der Waals surface area contributed by atoms with Crippen molar-refractivity contribution in [3.63, 3.8) is 0 Å². The molecule has 0 radical (unpaired) electrons. The van der Waals surface area contributed by atoms with Gasteiger partial charge in [-0.2, -0.15) is 0 Å². The number of anilines is 2. The Balaban J connectivity index is 1.29. The Morgan fingerprint density at radius 1 is 0.966 bits per heavy atom. The fraction of sp³-hybridized carbons (Fsp3) is 0.381. The minimum atomic E-state index is -0.0481. The van der Waals surface area contributed by atoms with Crippen LogP contribution in [0.1, 0.15) is 12.8 Å². The molecular weight excluding hydrogens is 392 g/mol. The number of fused-ring (bicyclic) bond motifs is 1. The van der Waals surface area contributed by atoms with Crippen LogP contribution in [0, 0.1) is 0 Å². The Labute approximate surface area is 174 Å². The van der Waals surface area contributed by atoms with Crippen LogP contribution in [-0.2, 0) is 9.59 Å². The van der Waals surface area contributed by atoms with Crippen LogP contribution < -0.4 is 14.5 Å². The molecule has 3 heterocycles. The van der Waals surface area contributed by atoms with Gasteiger partial charge in [-0.1, -0.05) is 23.7 Å². The molecule has 0 atom stereocenters. The highest BCUT2D eigenvalue weighted by molar-refractivity contribution is 6.32. The highest BCUT2D eigenvalue weighted by Gasteiger charge is 2.26. The van der Waals surface area contributed by atoms with Crippen LogP contribution in [0.2, 0.25) is 5.02 Å². The molecule has 2 amide bonds. The van der Waals surface area contributed by atoms with E-state index >= 15 is 0 Å². The van der Waals surface area contributed by atoms with E-state index in [2.05, 4.69) is 9.88 Å². The van der Waals surface area contributed by atoms with E-state index in [0.717, 1.165) is 11.5 Å². The molecule has 152 valence electrons. The molecule has 0 aliphatic carbocycles. The van der Waals surface area contributed by atoms with E-state index in [4.69, 9.17) is 16.3 Å². The van der Waals surface area contributed by atoms with Gasteiger partial charge in [0.1, 0.15) is 18.2 Å². The first-order chi connectivity index (χ1) is 14.1. The summed E-state index contributed by atoms with van der Waals surface area (Å²) >= 11 is 6.22. The molecule has 29 heavy (non-hydrogen) atoms. The molecule has 1 fully saturated rings. The van der Waals surface area contributed by atoms with Crippen molar-refractivity contribution in [2.24, 2.45) is 0 Å². The van der Waals surface area contributed by atoms with E-state index in [1.807, 2.05) is 35.2 Å². The third-order valence-electron chi connectivity index (χ3n) is 5.25. The molecule has 0 spiro atoms. The van der Waals surface area contributed by atoms with Crippen LogP contribution in [0.15, 0.2) is 42.6 Å². The lowest BCUT2D eigenvalue weighted by atomic mass is 10.2. The Bertz CT molecular complexity index is 899. The average Bonchev–Trinajstić information content (AvgIpc) is 2.77. The molecule has 2 aromatic rings. The maximum Gasteiger partial charge on any atom is 0.227 e. The normalized spacial score (nSPS) is 16.2. The van der Waals surface area contributed by atoms with Crippen LogP contribution in [-0.4, -0.2) is 61.0 Å². The maximum absolute atomic E-state index is 12.7. The molecular formula is C21H23ClN4O3. The van der Waals surface area contributed by atoms with E-state index in [1.54, 1.807) is 17.2 Å². The number of hydrogen-bond donors (Lipinski definition) is 0. The molecule has 0 bridgehead atoms. The van der Waals surface area contributed by atoms with Crippen molar-refractivity contribution in [1.82, 2.24) is 9.88 Å². The molecule has 0 saturated carbocycles. The van der Waals surface area contributed by atoms with Crippen molar-refractivity contribution in [1.29, 1.82) is 0 Å².